The average Bonchev–Trinajstić information content (AvgIpc) is 3.23. The number of nitrogens with zero attached hydrogens (tertiary/aromatic N) is 4. The lowest BCUT2D eigenvalue weighted by Gasteiger charge is -2.26. The van der Waals surface area contributed by atoms with Crippen LogP contribution in [-0.4, -0.2) is 54.0 Å². The molecule has 2 heterocycles. The van der Waals surface area contributed by atoms with Gasteiger partial charge in [-0.05, 0) is 29.8 Å². The van der Waals surface area contributed by atoms with Gasteiger partial charge in [0.15, 0.2) is 11.6 Å². The molecular weight excluding hydrogens is 418 g/mol. The summed E-state index contributed by atoms with van der Waals surface area (Å²) in [6.07, 6.45) is 1.63. The Bertz CT molecular complexity index is 1200. The van der Waals surface area contributed by atoms with Crippen molar-refractivity contribution in [2.75, 3.05) is 33.4 Å². The Kier molecular flexibility index (Phi) is 6.14. The molecular formula is C23H20F2N4O3. The lowest BCUT2D eigenvalue weighted by molar-refractivity contribution is -0.136. The van der Waals surface area contributed by atoms with Crippen LogP contribution in [0.25, 0.3) is 22.4 Å². The minimum atomic E-state index is -0.684. The van der Waals surface area contributed by atoms with Crippen molar-refractivity contribution >= 4 is 5.91 Å². The summed E-state index contributed by atoms with van der Waals surface area (Å²) >= 11 is 0. The van der Waals surface area contributed by atoms with Gasteiger partial charge in [0.1, 0.15) is 24.1 Å². The second-order valence-electron chi connectivity index (χ2n) is 7.24. The van der Waals surface area contributed by atoms with E-state index in [1.165, 1.54) is 36.1 Å². The van der Waals surface area contributed by atoms with Gasteiger partial charge >= 0.3 is 0 Å². The molecule has 4 rings (SSSR count). The van der Waals surface area contributed by atoms with E-state index in [2.05, 4.69) is 5.10 Å². The molecule has 3 aromatic rings. The number of hydrogen-bond acceptors (Lipinski definition) is 5. The van der Waals surface area contributed by atoms with Gasteiger partial charge in [-0.25, -0.2) is 8.78 Å². The zero-order valence-corrected chi connectivity index (χ0v) is 17.3. The molecule has 7 nitrogen and oxygen atoms in total. The summed E-state index contributed by atoms with van der Waals surface area (Å²) < 4.78 is 40.4. The molecule has 0 saturated carbocycles. The van der Waals surface area contributed by atoms with Crippen LogP contribution >= 0.6 is 0 Å². The van der Waals surface area contributed by atoms with Gasteiger partial charge < -0.3 is 14.4 Å². The van der Waals surface area contributed by atoms with Gasteiger partial charge in [-0.1, -0.05) is 12.1 Å². The Morgan fingerprint density at radius 3 is 2.53 bits per heavy atom. The molecule has 9 heteroatoms. The Balaban J connectivity index is 1.74. The van der Waals surface area contributed by atoms with Crippen LogP contribution in [0, 0.1) is 23.0 Å². The molecule has 1 aromatic heterocycles. The highest BCUT2D eigenvalue weighted by Crippen LogP contribution is 2.34. The van der Waals surface area contributed by atoms with Crippen molar-refractivity contribution in [2.24, 2.45) is 0 Å². The van der Waals surface area contributed by atoms with Crippen molar-refractivity contribution in [1.82, 2.24) is 14.7 Å². The van der Waals surface area contributed by atoms with Crippen molar-refractivity contribution in [3.63, 3.8) is 0 Å². The van der Waals surface area contributed by atoms with Gasteiger partial charge in [-0.3, -0.25) is 9.48 Å². The first-order valence-electron chi connectivity index (χ1n) is 9.97. The highest BCUT2D eigenvalue weighted by molar-refractivity contribution is 5.82. The topological polar surface area (TPSA) is 80.4 Å². The molecule has 1 aliphatic rings. The first-order valence-corrected chi connectivity index (χ1v) is 9.97. The summed E-state index contributed by atoms with van der Waals surface area (Å²) in [4.78, 5) is 14.4. The fourth-order valence-electron chi connectivity index (χ4n) is 3.57. The number of methoxy groups -OCH3 is 1. The molecule has 0 atom stereocenters. The Hall–Kier alpha value is -3.77. The molecule has 32 heavy (non-hydrogen) atoms. The second kappa shape index (κ2) is 9.16. The maximum absolute atomic E-state index is 14.4. The minimum absolute atomic E-state index is 0.0234. The molecule has 1 fully saturated rings. The van der Waals surface area contributed by atoms with E-state index in [-0.39, 0.29) is 23.8 Å². The number of carbonyl (C=O) groups excluding carboxylic acids is 1. The number of amides is 1. The van der Waals surface area contributed by atoms with E-state index in [9.17, 15) is 13.6 Å². The average molecular weight is 438 g/mol. The number of aromatic nitrogens is 2. The number of benzene rings is 2. The zero-order valence-electron chi connectivity index (χ0n) is 17.3. The lowest BCUT2D eigenvalue weighted by atomic mass is 10.0. The molecule has 2 aromatic carbocycles. The van der Waals surface area contributed by atoms with E-state index in [1.807, 2.05) is 0 Å². The van der Waals surface area contributed by atoms with E-state index in [4.69, 9.17) is 14.7 Å². The summed E-state index contributed by atoms with van der Waals surface area (Å²) in [5, 5.41) is 13.5. The number of nitriles is 1. The molecule has 1 saturated heterocycles. The van der Waals surface area contributed by atoms with E-state index in [0.29, 0.717) is 48.7 Å². The Morgan fingerprint density at radius 1 is 1.16 bits per heavy atom. The number of ether oxygens (including phenoxy) is 2. The molecule has 0 radical (unpaired) electrons. The normalized spacial score (nSPS) is 13.6. The first-order chi connectivity index (χ1) is 15.5. The molecule has 0 unspecified atom stereocenters. The molecule has 1 amide bonds. The predicted molar refractivity (Wildman–Crippen MR) is 112 cm³/mol. The quantitative estimate of drug-likeness (QED) is 0.611. The van der Waals surface area contributed by atoms with Crippen LogP contribution < -0.4 is 4.74 Å². The maximum atomic E-state index is 14.4. The summed E-state index contributed by atoms with van der Waals surface area (Å²) in [6, 6.07) is 10.4. The monoisotopic (exact) mass is 438 g/mol. The largest absolute Gasteiger partial charge is 0.494 e. The third-order valence-electron chi connectivity index (χ3n) is 5.25. The van der Waals surface area contributed by atoms with Crippen molar-refractivity contribution in [1.29, 1.82) is 5.26 Å². The van der Waals surface area contributed by atoms with Crippen molar-refractivity contribution in [3.8, 4) is 34.2 Å². The fourth-order valence-corrected chi connectivity index (χ4v) is 3.57. The van der Waals surface area contributed by atoms with Gasteiger partial charge in [0.25, 0.3) is 0 Å². The highest BCUT2D eigenvalue weighted by atomic mass is 19.1. The van der Waals surface area contributed by atoms with Crippen LogP contribution in [0.1, 0.15) is 5.56 Å². The molecule has 0 N–H and O–H groups in total. The van der Waals surface area contributed by atoms with Crippen LogP contribution in [0.3, 0.4) is 0 Å². The number of rotatable bonds is 5. The van der Waals surface area contributed by atoms with Crippen molar-refractivity contribution in [3.05, 3.63) is 59.8 Å². The number of halogens is 2. The summed E-state index contributed by atoms with van der Waals surface area (Å²) in [6.45, 7) is 1.95. The van der Waals surface area contributed by atoms with Gasteiger partial charge in [0.2, 0.25) is 5.91 Å². The molecule has 0 aliphatic carbocycles. The second-order valence-corrected chi connectivity index (χ2v) is 7.24. The van der Waals surface area contributed by atoms with Gasteiger partial charge in [0.05, 0.1) is 25.9 Å². The summed E-state index contributed by atoms with van der Waals surface area (Å²) in [7, 11) is 1.37. The van der Waals surface area contributed by atoms with Gasteiger partial charge in [0, 0.05) is 30.4 Å². The third-order valence-corrected chi connectivity index (χ3v) is 5.25. The van der Waals surface area contributed by atoms with Gasteiger partial charge in [-0.15, -0.1) is 0 Å². The highest BCUT2D eigenvalue weighted by Gasteiger charge is 2.21. The van der Waals surface area contributed by atoms with Crippen LogP contribution in [0.5, 0.6) is 5.75 Å². The molecule has 0 spiro atoms. The number of carbonyl (C=O) groups is 1. The van der Waals surface area contributed by atoms with Crippen LogP contribution in [0.15, 0.2) is 42.6 Å². The van der Waals surface area contributed by atoms with Crippen molar-refractivity contribution < 1.29 is 23.0 Å². The predicted octanol–water partition coefficient (Wildman–Crippen LogP) is 3.23. The Labute approximate surface area is 183 Å². The van der Waals surface area contributed by atoms with E-state index in [0.717, 1.165) is 0 Å². The standard InChI is InChI=1S/C23H20F2N4O3/c1-31-21-5-4-15(10-20(21)25)18-13-29(14-22(30)28-6-8-32-9-7-28)27-23(18)16-2-3-17(12-26)19(24)11-16/h2-5,10-11,13H,6-9,14H2,1H3. The zero-order chi connectivity index (χ0) is 22.7. The van der Waals surface area contributed by atoms with Crippen LogP contribution in [0.4, 0.5) is 8.78 Å². The summed E-state index contributed by atoms with van der Waals surface area (Å²) in [5.74, 6) is -1.27. The van der Waals surface area contributed by atoms with E-state index in [1.54, 1.807) is 29.3 Å². The third kappa shape index (κ3) is 4.31. The van der Waals surface area contributed by atoms with E-state index >= 15 is 0 Å². The number of morpholine rings is 1. The Morgan fingerprint density at radius 2 is 1.88 bits per heavy atom. The summed E-state index contributed by atoms with van der Waals surface area (Å²) in [5.41, 5.74) is 1.70. The van der Waals surface area contributed by atoms with Crippen LogP contribution in [-0.2, 0) is 16.1 Å². The maximum Gasteiger partial charge on any atom is 0.244 e. The molecule has 1 aliphatic heterocycles. The van der Waals surface area contributed by atoms with Crippen LogP contribution in [0.2, 0.25) is 0 Å². The van der Waals surface area contributed by atoms with E-state index < -0.39 is 11.6 Å². The minimum Gasteiger partial charge on any atom is -0.494 e. The fraction of sp³-hybridized carbons (Fsp3) is 0.261. The number of hydrogen-bond donors (Lipinski definition) is 0. The smallest absolute Gasteiger partial charge is 0.244 e. The SMILES string of the molecule is COc1ccc(-c2cn(CC(=O)N3CCOCC3)nc2-c2ccc(C#N)c(F)c2)cc1F. The molecule has 0 bridgehead atoms. The molecule has 164 valence electrons. The first kappa shape index (κ1) is 21.5. The van der Waals surface area contributed by atoms with Crippen molar-refractivity contribution in [2.45, 2.75) is 6.54 Å². The lowest BCUT2D eigenvalue weighted by Crippen LogP contribution is -2.42. The van der Waals surface area contributed by atoms with Gasteiger partial charge in [-0.2, -0.15) is 10.4 Å².